The molecule has 0 unspecified atom stereocenters. The molecule has 0 aliphatic rings. The van der Waals surface area contributed by atoms with Crippen molar-refractivity contribution in [2.75, 3.05) is 6.61 Å². The number of unbranched alkanes of at least 4 members (excludes halogenated alkanes) is 1. The zero-order valence-electron chi connectivity index (χ0n) is 4.11. The van der Waals surface area contributed by atoms with Crippen LogP contribution in [0.25, 0.3) is 0 Å². The first-order valence-corrected chi connectivity index (χ1v) is 2.70. The third-order valence-electron chi connectivity index (χ3n) is 0.616. The van der Waals surface area contributed by atoms with Crippen molar-refractivity contribution >= 4 is 16.6 Å². The summed E-state index contributed by atoms with van der Waals surface area (Å²) < 4.78 is 4.70. The van der Waals surface area contributed by atoms with Gasteiger partial charge in [-0.1, -0.05) is 0 Å². The first-order valence-electron chi connectivity index (χ1n) is 2.23. The Morgan fingerprint density at radius 2 is 2.33 bits per heavy atom. The third-order valence-corrected chi connectivity index (χ3v) is 0.851. The van der Waals surface area contributed by atoms with Gasteiger partial charge in [-0.05, 0) is 0 Å². The molecular weight excluding hydrogens is 91.0 g/mol. The average molecular weight is 100 g/mol. The molecule has 0 aromatic rings. The van der Waals surface area contributed by atoms with Crippen LogP contribution in [-0.4, -0.2) is 23.2 Å². The molecule has 0 fully saturated rings. The van der Waals surface area contributed by atoms with E-state index in [1.807, 2.05) is 0 Å². The SMILES string of the molecule is CCCC[O][Al+2]. The minimum absolute atomic E-state index is 0.876. The molecule has 0 rings (SSSR count). The van der Waals surface area contributed by atoms with Gasteiger partial charge in [-0.3, -0.25) is 0 Å². The van der Waals surface area contributed by atoms with E-state index in [0.29, 0.717) is 0 Å². The maximum atomic E-state index is 4.70. The standard InChI is InChI=1S/C4H9O.Al/c1-2-3-4-5;/h2-4H2,1H3;/q-1;+3. The fourth-order valence-electron chi connectivity index (χ4n) is 0.228. The molecule has 0 saturated heterocycles. The van der Waals surface area contributed by atoms with E-state index < -0.39 is 0 Å². The van der Waals surface area contributed by atoms with Crippen LogP contribution in [0.3, 0.4) is 0 Å². The predicted octanol–water partition coefficient (Wildman–Crippen LogP) is 0.887. The van der Waals surface area contributed by atoms with Crippen LogP contribution in [0.5, 0.6) is 0 Å². The van der Waals surface area contributed by atoms with E-state index in [0.717, 1.165) is 6.61 Å². The van der Waals surface area contributed by atoms with Crippen LogP contribution < -0.4 is 0 Å². The first kappa shape index (κ1) is 6.49. The van der Waals surface area contributed by atoms with Crippen LogP contribution in [-0.2, 0) is 3.79 Å². The fourth-order valence-corrected chi connectivity index (χ4v) is 0.394. The van der Waals surface area contributed by atoms with Crippen LogP contribution >= 0.6 is 0 Å². The summed E-state index contributed by atoms with van der Waals surface area (Å²) in [6.45, 7) is 3.02. The van der Waals surface area contributed by atoms with E-state index in [-0.39, 0.29) is 0 Å². The summed E-state index contributed by atoms with van der Waals surface area (Å²) in [6, 6.07) is 0. The van der Waals surface area contributed by atoms with Gasteiger partial charge in [-0.2, -0.15) is 0 Å². The van der Waals surface area contributed by atoms with E-state index in [2.05, 4.69) is 23.5 Å². The van der Waals surface area contributed by atoms with Gasteiger partial charge in [0.2, 0.25) is 0 Å². The van der Waals surface area contributed by atoms with E-state index in [1.165, 1.54) is 12.8 Å². The molecule has 0 heterocycles. The Labute approximate surface area is 47.4 Å². The van der Waals surface area contributed by atoms with Gasteiger partial charge in [0.05, 0.1) is 0 Å². The fraction of sp³-hybridized carbons (Fsp3) is 1.00. The van der Waals surface area contributed by atoms with Crippen molar-refractivity contribution in [1.82, 2.24) is 0 Å². The molecule has 0 aliphatic heterocycles. The van der Waals surface area contributed by atoms with Gasteiger partial charge in [0, 0.05) is 0 Å². The van der Waals surface area contributed by atoms with E-state index in [4.69, 9.17) is 3.79 Å². The molecule has 0 spiro atoms. The molecule has 0 N–H and O–H groups in total. The molecule has 0 saturated carbocycles. The summed E-state index contributed by atoms with van der Waals surface area (Å²) in [5.41, 5.74) is 0. The molecule has 6 heavy (non-hydrogen) atoms. The van der Waals surface area contributed by atoms with Crippen LogP contribution in [0.2, 0.25) is 0 Å². The number of hydrogen-bond acceptors (Lipinski definition) is 1. The summed E-state index contributed by atoms with van der Waals surface area (Å²) in [6.07, 6.45) is 2.39. The van der Waals surface area contributed by atoms with Crippen molar-refractivity contribution in [2.24, 2.45) is 0 Å². The Balaban J connectivity index is 2.34. The second-order valence-electron chi connectivity index (χ2n) is 1.22. The summed E-state index contributed by atoms with van der Waals surface area (Å²) in [5.74, 6) is 0. The van der Waals surface area contributed by atoms with Crippen molar-refractivity contribution < 1.29 is 3.79 Å². The molecule has 0 atom stereocenters. The van der Waals surface area contributed by atoms with Crippen LogP contribution in [0.1, 0.15) is 19.8 Å². The average Bonchev–Trinajstić information content (AvgIpc) is 1.61. The predicted molar refractivity (Wildman–Crippen MR) is 26.6 cm³/mol. The molecule has 0 aliphatic carbocycles. The van der Waals surface area contributed by atoms with Crippen molar-refractivity contribution in [3.63, 3.8) is 0 Å². The van der Waals surface area contributed by atoms with Crippen molar-refractivity contribution in [1.29, 1.82) is 0 Å². The molecule has 2 heteroatoms. The van der Waals surface area contributed by atoms with Crippen LogP contribution in [0.4, 0.5) is 0 Å². The molecule has 1 nitrogen and oxygen atoms in total. The van der Waals surface area contributed by atoms with Crippen molar-refractivity contribution in [3.05, 3.63) is 0 Å². The van der Waals surface area contributed by atoms with Gasteiger partial charge >= 0.3 is 46.8 Å². The Bertz CT molecular complexity index is 19.5. The molecule has 0 aromatic heterocycles. The van der Waals surface area contributed by atoms with E-state index >= 15 is 0 Å². The number of rotatable bonds is 3. The Morgan fingerprint density at radius 1 is 1.67 bits per heavy atom. The summed E-state index contributed by atoms with van der Waals surface area (Å²) in [7, 11) is 0. The molecule has 32 valence electrons. The maximum absolute atomic E-state index is 4.70. The summed E-state index contributed by atoms with van der Waals surface area (Å²) >= 11 is 2.23. The normalized spacial score (nSPS) is 9.17. The van der Waals surface area contributed by atoms with Crippen LogP contribution in [0, 0.1) is 0 Å². The zero-order valence-corrected chi connectivity index (χ0v) is 5.26. The summed E-state index contributed by atoms with van der Waals surface area (Å²) in [4.78, 5) is 0. The monoisotopic (exact) mass is 100 g/mol. The topological polar surface area (TPSA) is 9.23 Å². The Hall–Kier alpha value is 0.492. The Kier molecular flexibility index (Phi) is 5.94. The minimum atomic E-state index is 0.876. The van der Waals surface area contributed by atoms with Gasteiger partial charge in [0.25, 0.3) is 0 Å². The van der Waals surface area contributed by atoms with Gasteiger partial charge in [-0.15, -0.1) is 0 Å². The van der Waals surface area contributed by atoms with E-state index in [9.17, 15) is 0 Å². The summed E-state index contributed by atoms with van der Waals surface area (Å²) in [5, 5.41) is 0. The zero-order chi connectivity index (χ0) is 4.83. The second-order valence-corrected chi connectivity index (χ2v) is 1.56. The first-order chi connectivity index (χ1) is 2.91. The molecular formula is C4H9AlO+2. The van der Waals surface area contributed by atoms with Gasteiger partial charge in [-0.25, -0.2) is 0 Å². The van der Waals surface area contributed by atoms with Crippen LogP contribution in [0.15, 0.2) is 0 Å². The quantitative estimate of drug-likeness (QED) is 0.378. The van der Waals surface area contributed by atoms with Gasteiger partial charge in [0.15, 0.2) is 0 Å². The molecule has 0 bridgehead atoms. The van der Waals surface area contributed by atoms with E-state index in [1.54, 1.807) is 0 Å². The Morgan fingerprint density at radius 3 is 2.50 bits per heavy atom. The van der Waals surface area contributed by atoms with Crippen molar-refractivity contribution in [3.8, 4) is 0 Å². The second kappa shape index (κ2) is 5.49. The molecule has 0 radical (unpaired) electrons. The van der Waals surface area contributed by atoms with Gasteiger partial charge in [0.1, 0.15) is 0 Å². The number of hydrogen-bond donors (Lipinski definition) is 0. The third kappa shape index (κ3) is 4.49. The molecule has 0 aromatic carbocycles. The molecule has 0 amide bonds. The van der Waals surface area contributed by atoms with Crippen molar-refractivity contribution in [2.45, 2.75) is 19.8 Å². The van der Waals surface area contributed by atoms with Gasteiger partial charge < -0.3 is 0 Å².